The largest absolute Gasteiger partial charge is 0.497 e. The van der Waals surface area contributed by atoms with Crippen LogP contribution in [0.5, 0.6) is 11.5 Å². The van der Waals surface area contributed by atoms with Gasteiger partial charge in [0.1, 0.15) is 11.5 Å². The van der Waals surface area contributed by atoms with Gasteiger partial charge in [0.05, 0.1) is 25.3 Å². The number of hydrogen-bond donors (Lipinski definition) is 1. The van der Waals surface area contributed by atoms with Crippen molar-refractivity contribution in [2.24, 2.45) is 0 Å². The molecule has 0 spiro atoms. The molecule has 0 aromatic heterocycles. The highest BCUT2D eigenvalue weighted by atomic mass is 19.4. The summed E-state index contributed by atoms with van der Waals surface area (Å²) in [5.74, 6) is -0.739. The second kappa shape index (κ2) is 8.64. The maximum absolute atomic E-state index is 12.6. The summed E-state index contributed by atoms with van der Waals surface area (Å²) in [6, 6.07) is 8.32. The van der Waals surface area contributed by atoms with Gasteiger partial charge in [0, 0.05) is 11.8 Å². The third-order valence-corrected chi connectivity index (χ3v) is 3.72. The van der Waals surface area contributed by atoms with Gasteiger partial charge in [-0.1, -0.05) is 0 Å². The lowest BCUT2D eigenvalue weighted by Crippen LogP contribution is -2.30. The number of hydrogen-bond acceptors (Lipinski definition) is 5. The Morgan fingerprint density at radius 1 is 0.964 bits per heavy atom. The molecule has 0 unspecified atom stereocenters. The Hall–Kier alpha value is -3.23. The number of benzene rings is 2. The molecule has 1 N–H and O–H groups in total. The molecule has 0 fully saturated rings. The van der Waals surface area contributed by atoms with E-state index < -0.39 is 29.7 Å². The van der Waals surface area contributed by atoms with Crippen molar-refractivity contribution >= 4 is 17.6 Å². The molecule has 0 aliphatic carbocycles. The minimum atomic E-state index is -4.47. The van der Waals surface area contributed by atoms with Crippen molar-refractivity contribution in [2.45, 2.75) is 19.2 Å². The van der Waals surface area contributed by atoms with Crippen LogP contribution >= 0.6 is 0 Å². The molecular formula is C19H18F3NO5. The normalized spacial score (nSPS) is 12.1. The number of rotatable bonds is 6. The van der Waals surface area contributed by atoms with E-state index >= 15 is 0 Å². The molecule has 0 heterocycles. The van der Waals surface area contributed by atoms with Crippen LogP contribution in [-0.2, 0) is 15.7 Å². The third kappa shape index (κ3) is 5.38. The zero-order chi connectivity index (χ0) is 20.9. The van der Waals surface area contributed by atoms with Crippen molar-refractivity contribution in [1.29, 1.82) is 0 Å². The number of amides is 1. The maximum Gasteiger partial charge on any atom is 0.416 e. The van der Waals surface area contributed by atoms with Gasteiger partial charge in [0.25, 0.3) is 5.91 Å². The molecule has 2 aromatic carbocycles. The summed E-state index contributed by atoms with van der Waals surface area (Å²) in [6.07, 6.45) is -5.66. The molecule has 0 saturated heterocycles. The van der Waals surface area contributed by atoms with E-state index in [0.29, 0.717) is 11.5 Å². The summed E-state index contributed by atoms with van der Waals surface area (Å²) in [5.41, 5.74) is -0.578. The molecule has 0 aliphatic rings. The molecule has 0 radical (unpaired) electrons. The van der Waals surface area contributed by atoms with E-state index in [-0.39, 0.29) is 11.3 Å². The van der Waals surface area contributed by atoms with Crippen molar-refractivity contribution in [2.75, 3.05) is 19.5 Å². The van der Waals surface area contributed by atoms with Crippen LogP contribution in [0.25, 0.3) is 0 Å². The lowest BCUT2D eigenvalue weighted by molar-refractivity contribution is -0.137. The minimum absolute atomic E-state index is 0.116. The minimum Gasteiger partial charge on any atom is -0.497 e. The first kappa shape index (κ1) is 21.1. The average Bonchev–Trinajstić information content (AvgIpc) is 2.67. The number of ether oxygens (including phenoxy) is 3. The molecule has 9 heteroatoms. The summed E-state index contributed by atoms with van der Waals surface area (Å²) < 4.78 is 52.9. The van der Waals surface area contributed by atoms with Crippen LogP contribution in [0.2, 0.25) is 0 Å². The first-order chi connectivity index (χ1) is 13.1. The van der Waals surface area contributed by atoms with Gasteiger partial charge >= 0.3 is 12.1 Å². The molecule has 1 amide bonds. The second-order valence-electron chi connectivity index (χ2n) is 5.71. The first-order valence-electron chi connectivity index (χ1n) is 8.06. The molecule has 0 bridgehead atoms. The predicted molar refractivity (Wildman–Crippen MR) is 94.5 cm³/mol. The zero-order valence-electron chi connectivity index (χ0n) is 15.3. The summed E-state index contributed by atoms with van der Waals surface area (Å²) in [4.78, 5) is 24.4. The van der Waals surface area contributed by atoms with Gasteiger partial charge in [-0.3, -0.25) is 4.79 Å². The Morgan fingerprint density at radius 3 is 1.96 bits per heavy atom. The van der Waals surface area contributed by atoms with Crippen LogP contribution in [0.15, 0.2) is 42.5 Å². The fourth-order valence-electron chi connectivity index (χ4n) is 2.19. The van der Waals surface area contributed by atoms with E-state index in [0.717, 1.165) is 24.3 Å². The third-order valence-electron chi connectivity index (χ3n) is 3.72. The van der Waals surface area contributed by atoms with E-state index in [1.54, 1.807) is 6.07 Å². The molecule has 1 atom stereocenters. The van der Waals surface area contributed by atoms with Crippen molar-refractivity contribution < 1.29 is 37.0 Å². The van der Waals surface area contributed by atoms with Crippen LogP contribution < -0.4 is 14.8 Å². The molecule has 2 aromatic rings. The molecule has 150 valence electrons. The highest BCUT2D eigenvalue weighted by Gasteiger charge is 2.30. The summed E-state index contributed by atoms with van der Waals surface area (Å²) >= 11 is 0. The summed E-state index contributed by atoms with van der Waals surface area (Å²) in [6.45, 7) is 1.34. The molecule has 28 heavy (non-hydrogen) atoms. The van der Waals surface area contributed by atoms with E-state index in [1.165, 1.54) is 33.3 Å². The highest BCUT2D eigenvalue weighted by molar-refractivity contribution is 5.97. The molecule has 2 rings (SSSR count). The predicted octanol–water partition coefficient (Wildman–Crippen LogP) is 3.91. The number of alkyl halides is 3. The van der Waals surface area contributed by atoms with Crippen molar-refractivity contribution in [3.05, 3.63) is 53.6 Å². The van der Waals surface area contributed by atoms with E-state index in [9.17, 15) is 22.8 Å². The van der Waals surface area contributed by atoms with Crippen LogP contribution in [0, 0.1) is 0 Å². The fourth-order valence-corrected chi connectivity index (χ4v) is 2.19. The monoisotopic (exact) mass is 397 g/mol. The topological polar surface area (TPSA) is 73.9 Å². The van der Waals surface area contributed by atoms with Gasteiger partial charge in [-0.15, -0.1) is 0 Å². The van der Waals surface area contributed by atoms with Crippen LogP contribution in [0.3, 0.4) is 0 Å². The summed E-state index contributed by atoms with van der Waals surface area (Å²) in [7, 11) is 2.84. The van der Waals surface area contributed by atoms with Gasteiger partial charge in [0.15, 0.2) is 6.10 Å². The van der Waals surface area contributed by atoms with Gasteiger partial charge in [-0.25, -0.2) is 4.79 Å². The molecule has 0 aliphatic heterocycles. The van der Waals surface area contributed by atoms with E-state index in [4.69, 9.17) is 14.2 Å². The lowest BCUT2D eigenvalue weighted by Gasteiger charge is -2.15. The lowest BCUT2D eigenvalue weighted by atomic mass is 10.2. The number of halogens is 3. The fraction of sp³-hybridized carbons (Fsp3) is 0.263. The van der Waals surface area contributed by atoms with Crippen molar-refractivity contribution in [3.8, 4) is 11.5 Å². The van der Waals surface area contributed by atoms with Crippen molar-refractivity contribution in [1.82, 2.24) is 0 Å². The Morgan fingerprint density at radius 2 is 1.50 bits per heavy atom. The maximum atomic E-state index is 12.6. The van der Waals surface area contributed by atoms with E-state index in [1.807, 2.05) is 0 Å². The van der Waals surface area contributed by atoms with Crippen molar-refractivity contribution in [3.63, 3.8) is 0 Å². The Kier molecular flexibility index (Phi) is 6.50. The van der Waals surface area contributed by atoms with E-state index in [2.05, 4.69) is 5.32 Å². The van der Waals surface area contributed by atoms with Gasteiger partial charge in [0.2, 0.25) is 0 Å². The standard InChI is InChI=1S/C19H18F3NO5/c1-11(17(24)23-14-6-4-13(5-7-14)19(20,21)22)28-18(25)12-8-15(26-2)10-16(9-12)27-3/h4-11H,1-3H3,(H,23,24)/t11-/m1/s1. The Balaban J connectivity index is 2.03. The number of carbonyl (C=O) groups is 2. The number of methoxy groups -OCH3 is 2. The molecular weight excluding hydrogens is 379 g/mol. The summed E-state index contributed by atoms with van der Waals surface area (Å²) in [5, 5.41) is 2.39. The van der Waals surface area contributed by atoms with Gasteiger partial charge in [-0.2, -0.15) is 13.2 Å². The first-order valence-corrected chi connectivity index (χ1v) is 8.06. The zero-order valence-corrected chi connectivity index (χ0v) is 15.3. The van der Waals surface area contributed by atoms with Crippen LogP contribution in [0.1, 0.15) is 22.8 Å². The average molecular weight is 397 g/mol. The Labute approximate surface area is 159 Å². The Bertz CT molecular complexity index is 827. The SMILES string of the molecule is COc1cc(OC)cc(C(=O)O[C@H](C)C(=O)Nc2ccc(C(F)(F)F)cc2)c1. The van der Waals surface area contributed by atoms with Gasteiger partial charge in [-0.05, 0) is 43.3 Å². The van der Waals surface area contributed by atoms with Gasteiger partial charge < -0.3 is 19.5 Å². The highest BCUT2D eigenvalue weighted by Crippen LogP contribution is 2.30. The van der Waals surface area contributed by atoms with Crippen LogP contribution in [-0.4, -0.2) is 32.2 Å². The quantitative estimate of drug-likeness (QED) is 0.749. The smallest absolute Gasteiger partial charge is 0.416 e. The number of anilines is 1. The second-order valence-corrected chi connectivity index (χ2v) is 5.71. The number of carbonyl (C=O) groups excluding carboxylic acids is 2. The molecule has 6 nitrogen and oxygen atoms in total. The van der Waals surface area contributed by atoms with Crippen LogP contribution in [0.4, 0.5) is 18.9 Å². The molecule has 0 saturated carbocycles. The number of esters is 1. The number of nitrogens with one attached hydrogen (secondary N) is 1.